The van der Waals surface area contributed by atoms with Crippen molar-refractivity contribution >= 4 is 11.0 Å². The van der Waals surface area contributed by atoms with Gasteiger partial charge in [0.25, 0.3) is 5.56 Å². The van der Waals surface area contributed by atoms with E-state index in [-0.39, 0.29) is 11.6 Å². The fourth-order valence-electron chi connectivity index (χ4n) is 4.11. The van der Waals surface area contributed by atoms with Crippen molar-refractivity contribution in [2.45, 2.75) is 53.0 Å². The quantitative estimate of drug-likeness (QED) is 0.682. The van der Waals surface area contributed by atoms with Gasteiger partial charge in [0.15, 0.2) is 0 Å². The van der Waals surface area contributed by atoms with Crippen LogP contribution in [0.3, 0.4) is 0 Å². The molecule has 3 heterocycles. The summed E-state index contributed by atoms with van der Waals surface area (Å²) in [5.41, 5.74) is 5.52. The van der Waals surface area contributed by atoms with E-state index in [0.29, 0.717) is 17.5 Å². The summed E-state index contributed by atoms with van der Waals surface area (Å²) in [7, 11) is 1.62. The standard InChI is InChI=1S/C22H26N4O2/c1-12-11-17(13(2)25-21(12)28-5)19-20-18(9-10-23-19)26(22(27)14(3)24-20)15(4)16-7-6-8-16/h9-11,15-16H,6-8H2,1-5H3. The van der Waals surface area contributed by atoms with E-state index < -0.39 is 0 Å². The first-order valence-corrected chi connectivity index (χ1v) is 9.82. The Hall–Kier alpha value is -2.76. The fourth-order valence-corrected chi connectivity index (χ4v) is 4.11. The molecule has 0 bridgehead atoms. The topological polar surface area (TPSA) is 69.9 Å². The van der Waals surface area contributed by atoms with Gasteiger partial charge in [0.05, 0.1) is 24.0 Å². The molecule has 0 radical (unpaired) electrons. The lowest BCUT2D eigenvalue weighted by molar-refractivity contribution is 0.222. The molecule has 1 aliphatic rings. The molecule has 6 nitrogen and oxygen atoms in total. The molecule has 3 aromatic heterocycles. The third-order valence-corrected chi connectivity index (χ3v) is 6.02. The van der Waals surface area contributed by atoms with Crippen molar-refractivity contribution in [1.29, 1.82) is 0 Å². The molecule has 28 heavy (non-hydrogen) atoms. The Kier molecular flexibility index (Phi) is 4.65. The number of aryl methyl sites for hydroxylation is 3. The van der Waals surface area contributed by atoms with Crippen LogP contribution >= 0.6 is 0 Å². The van der Waals surface area contributed by atoms with Gasteiger partial charge in [-0.1, -0.05) is 6.42 Å². The van der Waals surface area contributed by atoms with Gasteiger partial charge in [-0.3, -0.25) is 9.78 Å². The highest BCUT2D eigenvalue weighted by Crippen LogP contribution is 2.37. The lowest BCUT2D eigenvalue weighted by atomic mass is 9.80. The zero-order valence-corrected chi connectivity index (χ0v) is 17.1. The molecule has 0 saturated heterocycles. The number of methoxy groups -OCH3 is 1. The number of rotatable bonds is 4. The minimum atomic E-state index is -0.00944. The summed E-state index contributed by atoms with van der Waals surface area (Å²) in [4.78, 5) is 26.8. The van der Waals surface area contributed by atoms with Crippen molar-refractivity contribution in [2.24, 2.45) is 5.92 Å². The van der Waals surface area contributed by atoms with Gasteiger partial charge in [-0.2, -0.15) is 0 Å². The van der Waals surface area contributed by atoms with Crippen LogP contribution in [-0.4, -0.2) is 26.6 Å². The van der Waals surface area contributed by atoms with Crippen LogP contribution in [-0.2, 0) is 0 Å². The molecule has 0 aromatic carbocycles. The second-order valence-corrected chi connectivity index (χ2v) is 7.78. The second kappa shape index (κ2) is 7.00. The monoisotopic (exact) mass is 378 g/mol. The third kappa shape index (κ3) is 2.87. The Balaban J connectivity index is 1.99. The molecule has 0 aliphatic heterocycles. The average Bonchev–Trinajstić information content (AvgIpc) is 2.62. The summed E-state index contributed by atoms with van der Waals surface area (Å²) >= 11 is 0. The Bertz CT molecular complexity index is 1120. The van der Waals surface area contributed by atoms with Crippen LogP contribution in [0.1, 0.15) is 49.2 Å². The summed E-state index contributed by atoms with van der Waals surface area (Å²) in [5.74, 6) is 1.16. The van der Waals surface area contributed by atoms with E-state index in [4.69, 9.17) is 4.74 Å². The Morgan fingerprint density at radius 1 is 1.18 bits per heavy atom. The maximum Gasteiger partial charge on any atom is 0.272 e. The molecular weight excluding hydrogens is 352 g/mol. The Labute approximate surface area is 164 Å². The highest BCUT2D eigenvalue weighted by molar-refractivity contribution is 5.90. The molecule has 1 aliphatic carbocycles. The zero-order valence-electron chi connectivity index (χ0n) is 17.1. The largest absolute Gasteiger partial charge is 0.481 e. The lowest BCUT2D eigenvalue weighted by Gasteiger charge is -2.33. The van der Waals surface area contributed by atoms with Gasteiger partial charge in [0, 0.05) is 23.4 Å². The normalized spacial score (nSPS) is 15.5. The maximum absolute atomic E-state index is 13.0. The first-order valence-electron chi connectivity index (χ1n) is 9.82. The van der Waals surface area contributed by atoms with E-state index in [1.54, 1.807) is 20.2 Å². The van der Waals surface area contributed by atoms with Gasteiger partial charge in [0.1, 0.15) is 11.2 Å². The summed E-state index contributed by atoms with van der Waals surface area (Å²) in [6.07, 6.45) is 5.36. The van der Waals surface area contributed by atoms with Crippen molar-refractivity contribution in [3.63, 3.8) is 0 Å². The van der Waals surface area contributed by atoms with E-state index in [1.165, 1.54) is 19.3 Å². The van der Waals surface area contributed by atoms with Crippen LogP contribution in [0.5, 0.6) is 5.88 Å². The van der Waals surface area contributed by atoms with Crippen LogP contribution < -0.4 is 10.3 Å². The van der Waals surface area contributed by atoms with E-state index in [1.807, 2.05) is 30.5 Å². The molecule has 6 heteroatoms. The highest BCUT2D eigenvalue weighted by atomic mass is 16.5. The molecule has 1 unspecified atom stereocenters. The number of nitrogens with zero attached hydrogens (tertiary/aromatic N) is 4. The summed E-state index contributed by atoms with van der Waals surface area (Å²) < 4.78 is 7.26. The molecule has 0 amide bonds. The van der Waals surface area contributed by atoms with Crippen LogP contribution in [0.2, 0.25) is 0 Å². The van der Waals surface area contributed by atoms with Crippen molar-refractivity contribution in [1.82, 2.24) is 19.5 Å². The fraction of sp³-hybridized carbons (Fsp3) is 0.455. The van der Waals surface area contributed by atoms with Gasteiger partial charge >= 0.3 is 0 Å². The van der Waals surface area contributed by atoms with Crippen LogP contribution in [0.25, 0.3) is 22.3 Å². The molecular formula is C22H26N4O2. The van der Waals surface area contributed by atoms with Crippen molar-refractivity contribution in [2.75, 3.05) is 7.11 Å². The van der Waals surface area contributed by atoms with Gasteiger partial charge in [-0.15, -0.1) is 0 Å². The van der Waals surface area contributed by atoms with Crippen LogP contribution in [0.15, 0.2) is 23.1 Å². The molecule has 1 saturated carbocycles. The van der Waals surface area contributed by atoms with Crippen molar-refractivity contribution < 1.29 is 4.74 Å². The number of ether oxygens (including phenoxy) is 1. The highest BCUT2D eigenvalue weighted by Gasteiger charge is 2.28. The summed E-state index contributed by atoms with van der Waals surface area (Å²) in [6, 6.07) is 4.09. The molecule has 4 rings (SSSR count). The Morgan fingerprint density at radius 3 is 2.57 bits per heavy atom. The molecule has 146 valence electrons. The number of fused-ring (bicyclic) bond motifs is 1. The predicted molar refractivity (Wildman–Crippen MR) is 110 cm³/mol. The minimum absolute atomic E-state index is 0.00944. The number of hydrogen-bond donors (Lipinski definition) is 0. The molecule has 1 fully saturated rings. The smallest absolute Gasteiger partial charge is 0.272 e. The van der Waals surface area contributed by atoms with Gasteiger partial charge in [0.2, 0.25) is 5.88 Å². The van der Waals surface area contributed by atoms with E-state index >= 15 is 0 Å². The van der Waals surface area contributed by atoms with Crippen molar-refractivity contribution in [3.8, 4) is 17.1 Å². The number of aromatic nitrogens is 4. The Morgan fingerprint density at radius 2 is 1.93 bits per heavy atom. The first kappa shape index (κ1) is 18.6. The molecule has 1 atom stereocenters. The average molecular weight is 378 g/mol. The summed E-state index contributed by atoms with van der Waals surface area (Å²) in [5, 5.41) is 0. The van der Waals surface area contributed by atoms with Crippen LogP contribution in [0.4, 0.5) is 0 Å². The van der Waals surface area contributed by atoms with Gasteiger partial charge in [-0.25, -0.2) is 9.97 Å². The molecule has 3 aromatic rings. The zero-order chi connectivity index (χ0) is 20.0. The molecule has 0 spiro atoms. The first-order chi connectivity index (χ1) is 13.4. The number of hydrogen-bond acceptors (Lipinski definition) is 5. The maximum atomic E-state index is 13.0. The lowest BCUT2D eigenvalue weighted by Crippen LogP contribution is -2.33. The van der Waals surface area contributed by atoms with Gasteiger partial charge < -0.3 is 9.30 Å². The van der Waals surface area contributed by atoms with E-state index in [0.717, 1.165) is 33.5 Å². The predicted octanol–water partition coefficient (Wildman–Crippen LogP) is 4.15. The van der Waals surface area contributed by atoms with E-state index in [2.05, 4.69) is 21.9 Å². The van der Waals surface area contributed by atoms with E-state index in [9.17, 15) is 4.79 Å². The number of pyridine rings is 2. The van der Waals surface area contributed by atoms with Crippen LogP contribution in [0, 0.1) is 26.7 Å². The molecule has 0 N–H and O–H groups in total. The summed E-state index contributed by atoms with van der Waals surface area (Å²) in [6.45, 7) is 7.84. The second-order valence-electron chi connectivity index (χ2n) is 7.78. The minimum Gasteiger partial charge on any atom is -0.481 e. The SMILES string of the molecule is COc1nc(C)c(-c2nccc3c2nc(C)c(=O)n3C(C)C2CCC2)cc1C. The van der Waals surface area contributed by atoms with Crippen molar-refractivity contribution in [3.05, 3.63) is 45.6 Å². The van der Waals surface area contributed by atoms with Gasteiger partial charge in [-0.05, 0) is 58.6 Å². The third-order valence-electron chi connectivity index (χ3n) is 6.02.